The van der Waals surface area contributed by atoms with Crippen LogP contribution in [0.15, 0.2) is 78.9 Å². The molecule has 0 aliphatic heterocycles. The van der Waals surface area contributed by atoms with Crippen LogP contribution < -0.4 is 16.2 Å². The van der Waals surface area contributed by atoms with Gasteiger partial charge in [0.15, 0.2) is 0 Å². The monoisotopic (exact) mass is 469 g/mol. The summed E-state index contributed by atoms with van der Waals surface area (Å²) in [4.78, 5) is 37.8. The number of nitrogens with zero attached hydrogens (tertiary/aromatic N) is 4. The third-order valence-corrected chi connectivity index (χ3v) is 5.06. The van der Waals surface area contributed by atoms with E-state index in [9.17, 15) is 14.4 Å². The largest absolute Gasteiger partial charge is 0.343 e. The highest BCUT2D eigenvalue weighted by Gasteiger charge is 2.11. The predicted molar refractivity (Wildman–Crippen MR) is 128 cm³/mol. The second kappa shape index (κ2) is 10.8. The summed E-state index contributed by atoms with van der Waals surface area (Å²) in [5.41, 5.74) is 8.20. The predicted octanol–water partition coefficient (Wildman–Crippen LogP) is 1.89. The summed E-state index contributed by atoms with van der Waals surface area (Å²) in [6.45, 7) is 2.03. The standard InChI is InChI=1S/C25H23N7O3/c1-17-7-11-20(12-8-17)24(34)26-15-22(33)27-29-25(35)21-13-9-18(10-14-21)16-32-30-23(28-31-32)19-5-3-2-4-6-19/h2-14H,15-16H2,1H3,(H,26,34)(H,27,33)(H,29,35). The number of amides is 3. The Morgan fingerprint density at radius 3 is 2.17 bits per heavy atom. The Hall–Kier alpha value is -4.86. The van der Waals surface area contributed by atoms with Crippen molar-refractivity contribution in [3.05, 3.63) is 101 Å². The van der Waals surface area contributed by atoms with Gasteiger partial charge in [0, 0.05) is 16.7 Å². The quantitative estimate of drug-likeness (QED) is 0.354. The molecule has 10 nitrogen and oxygen atoms in total. The molecule has 176 valence electrons. The van der Waals surface area contributed by atoms with Crippen LogP contribution in [0.25, 0.3) is 11.4 Å². The lowest BCUT2D eigenvalue weighted by atomic mass is 10.1. The van der Waals surface area contributed by atoms with Gasteiger partial charge in [-0.15, -0.1) is 10.2 Å². The molecule has 1 heterocycles. The van der Waals surface area contributed by atoms with E-state index in [-0.39, 0.29) is 12.5 Å². The molecule has 0 radical (unpaired) electrons. The second-order valence-electron chi connectivity index (χ2n) is 7.76. The maximum Gasteiger partial charge on any atom is 0.269 e. The number of aryl methyl sites for hydroxylation is 1. The van der Waals surface area contributed by atoms with Gasteiger partial charge in [-0.3, -0.25) is 25.2 Å². The fourth-order valence-corrected chi connectivity index (χ4v) is 3.15. The van der Waals surface area contributed by atoms with Gasteiger partial charge < -0.3 is 5.32 Å². The Bertz CT molecular complexity index is 1320. The Labute approximate surface area is 201 Å². The minimum Gasteiger partial charge on any atom is -0.343 e. The molecule has 4 aromatic rings. The highest BCUT2D eigenvalue weighted by molar-refractivity contribution is 5.98. The summed E-state index contributed by atoms with van der Waals surface area (Å²) in [6, 6.07) is 23.3. The van der Waals surface area contributed by atoms with Crippen LogP contribution in [0.4, 0.5) is 0 Å². The van der Waals surface area contributed by atoms with E-state index in [1.165, 1.54) is 4.80 Å². The van der Waals surface area contributed by atoms with Crippen molar-refractivity contribution in [3.8, 4) is 11.4 Å². The zero-order chi connectivity index (χ0) is 24.6. The summed E-state index contributed by atoms with van der Waals surface area (Å²) in [5.74, 6) is -0.880. The van der Waals surface area contributed by atoms with Gasteiger partial charge in [0.05, 0.1) is 13.1 Å². The molecule has 0 saturated heterocycles. The molecular weight excluding hydrogens is 446 g/mol. The Morgan fingerprint density at radius 1 is 0.800 bits per heavy atom. The van der Waals surface area contributed by atoms with E-state index in [1.807, 2.05) is 49.4 Å². The number of carbonyl (C=O) groups is 3. The lowest BCUT2D eigenvalue weighted by Crippen LogP contribution is -2.46. The first-order valence-electron chi connectivity index (χ1n) is 10.8. The first-order valence-corrected chi connectivity index (χ1v) is 10.8. The molecule has 0 saturated carbocycles. The van der Waals surface area contributed by atoms with Crippen molar-refractivity contribution < 1.29 is 14.4 Å². The summed E-state index contributed by atoms with van der Waals surface area (Å²) in [5, 5.41) is 15.0. The average Bonchev–Trinajstić information content (AvgIpc) is 3.35. The zero-order valence-electron chi connectivity index (χ0n) is 18.9. The highest BCUT2D eigenvalue weighted by Crippen LogP contribution is 2.12. The highest BCUT2D eigenvalue weighted by atomic mass is 16.2. The molecule has 4 rings (SSSR count). The van der Waals surface area contributed by atoms with Crippen molar-refractivity contribution >= 4 is 17.7 Å². The van der Waals surface area contributed by atoms with E-state index >= 15 is 0 Å². The van der Waals surface area contributed by atoms with Crippen LogP contribution in [0.1, 0.15) is 31.8 Å². The molecule has 0 aliphatic rings. The van der Waals surface area contributed by atoms with E-state index in [0.29, 0.717) is 23.5 Å². The van der Waals surface area contributed by atoms with E-state index in [4.69, 9.17) is 0 Å². The number of hydrogen-bond acceptors (Lipinski definition) is 6. The number of tetrazole rings is 1. The van der Waals surface area contributed by atoms with Crippen molar-refractivity contribution in [2.75, 3.05) is 6.54 Å². The topological polar surface area (TPSA) is 131 Å². The number of hydrogen-bond donors (Lipinski definition) is 3. The minimum atomic E-state index is -0.554. The van der Waals surface area contributed by atoms with Crippen LogP contribution in [-0.2, 0) is 11.3 Å². The van der Waals surface area contributed by atoms with Gasteiger partial charge in [-0.1, -0.05) is 60.2 Å². The number of hydrazine groups is 1. The van der Waals surface area contributed by atoms with Crippen LogP contribution in [-0.4, -0.2) is 44.5 Å². The Balaban J connectivity index is 1.23. The van der Waals surface area contributed by atoms with Crippen molar-refractivity contribution in [2.24, 2.45) is 0 Å². The van der Waals surface area contributed by atoms with E-state index in [0.717, 1.165) is 16.7 Å². The molecule has 3 aromatic carbocycles. The molecule has 0 spiro atoms. The molecule has 35 heavy (non-hydrogen) atoms. The Morgan fingerprint density at radius 2 is 1.46 bits per heavy atom. The first kappa shape index (κ1) is 23.3. The van der Waals surface area contributed by atoms with Gasteiger partial charge in [0.25, 0.3) is 17.7 Å². The summed E-state index contributed by atoms with van der Waals surface area (Å²) >= 11 is 0. The summed E-state index contributed by atoms with van der Waals surface area (Å²) in [6.07, 6.45) is 0. The van der Waals surface area contributed by atoms with Gasteiger partial charge in [-0.25, -0.2) is 0 Å². The molecule has 3 amide bonds. The second-order valence-corrected chi connectivity index (χ2v) is 7.76. The molecule has 0 fully saturated rings. The number of nitrogens with one attached hydrogen (secondary N) is 3. The molecule has 0 bridgehead atoms. The fourth-order valence-electron chi connectivity index (χ4n) is 3.15. The van der Waals surface area contributed by atoms with Gasteiger partial charge in [0.2, 0.25) is 5.82 Å². The van der Waals surface area contributed by atoms with Crippen molar-refractivity contribution in [2.45, 2.75) is 13.5 Å². The molecule has 1 aromatic heterocycles. The lowest BCUT2D eigenvalue weighted by molar-refractivity contribution is -0.120. The van der Waals surface area contributed by atoms with E-state index in [1.54, 1.807) is 36.4 Å². The maximum atomic E-state index is 12.3. The summed E-state index contributed by atoms with van der Waals surface area (Å²) in [7, 11) is 0. The molecular formula is C25H23N7O3. The number of benzene rings is 3. The molecule has 0 unspecified atom stereocenters. The third kappa shape index (κ3) is 6.35. The average molecular weight is 470 g/mol. The van der Waals surface area contributed by atoms with Crippen LogP contribution in [0.2, 0.25) is 0 Å². The molecule has 10 heteroatoms. The minimum absolute atomic E-state index is 0.276. The van der Waals surface area contributed by atoms with Crippen LogP contribution in [0.3, 0.4) is 0 Å². The first-order chi connectivity index (χ1) is 17.0. The number of aromatic nitrogens is 4. The third-order valence-electron chi connectivity index (χ3n) is 5.06. The SMILES string of the molecule is Cc1ccc(C(=O)NCC(=O)NNC(=O)c2ccc(Cn3nnc(-c4ccccc4)n3)cc2)cc1. The number of rotatable bonds is 7. The smallest absolute Gasteiger partial charge is 0.269 e. The van der Waals surface area contributed by atoms with E-state index < -0.39 is 11.8 Å². The van der Waals surface area contributed by atoms with Crippen molar-refractivity contribution in [1.82, 2.24) is 36.4 Å². The summed E-state index contributed by atoms with van der Waals surface area (Å²) < 4.78 is 0. The maximum absolute atomic E-state index is 12.3. The lowest BCUT2D eigenvalue weighted by Gasteiger charge is -2.09. The van der Waals surface area contributed by atoms with Gasteiger partial charge in [-0.05, 0) is 42.0 Å². The van der Waals surface area contributed by atoms with E-state index in [2.05, 4.69) is 31.6 Å². The number of carbonyl (C=O) groups excluding carboxylic acids is 3. The van der Waals surface area contributed by atoms with Crippen molar-refractivity contribution in [1.29, 1.82) is 0 Å². The van der Waals surface area contributed by atoms with Gasteiger partial charge in [0.1, 0.15) is 0 Å². The van der Waals surface area contributed by atoms with Gasteiger partial charge >= 0.3 is 0 Å². The van der Waals surface area contributed by atoms with Crippen LogP contribution in [0.5, 0.6) is 0 Å². The fraction of sp³-hybridized carbons (Fsp3) is 0.120. The zero-order valence-corrected chi connectivity index (χ0v) is 18.9. The van der Waals surface area contributed by atoms with Crippen molar-refractivity contribution in [3.63, 3.8) is 0 Å². The molecule has 0 atom stereocenters. The van der Waals surface area contributed by atoms with Gasteiger partial charge in [-0.2, -0.15) is 4.80 Å². The molecule has 0 aliphatic carbocycles. The van der Waals surface area contributed by atoms with Crippen LogP contribution in [0, 0.1) is 6.92 Å². The normalized spacial score (nSPS) is 10.4. The molecule has 3 N–H and O–H groups in total. The Kier molecular flexibility index (Phi) is 7.22. The van der Waals surface area contributed by atoms with Crippen LogP contribution >= 0.6 is 0 Å².